The summed E-state index contributed by atoms with van der Waals surface area (Å²) in [6, 6.07) is 6.33. The molecule has 2 N–H and O–H groups in total. The number of hydrogen-bond acceptors (Lipinski definition) is 1. The number of hydrogen-bond donors (Lipinski definition) is 1. The van der Waals surface area contributed by atoms with Gasteiger partial charge in [0.15, 0.2) is 0 Å². The molecule has 2 rings (SSSR count). The summed E-state index contributed by atoms with van der Waals surface area (Å²) in [5.74, 6) is 0. The SMILES string of the molecule is CCC/C(C)=C1/CCc2cc(N)ccc21. The minimum atomic E-state index is 0.892. The number of benzene rings is 1. The zero-order valence-corrected chi connectivity index (χ0v) is 9.64. The summed E-state index contributed by atoms with van der Waals surface area (Å²) in [6.07, 6.45) is 4.82. The van der Waals surface area contributed by atoms with Gasteiger partial charge < -0.3 is 5.73 Å². The van der Waals surface area contributed by atoms with Crippen LogP contribution >= 0.6 is 0 Å². The van der Waals surface area contributed by atoms with Crippen molar-refractivity contribution < 1.29 is 0 Å². The van der Waals surface area contributed by atoms with Crippen molar-refractivity contribution in [3.05, 3.63) is 34.9 Å². The van der Waals surface area contributed by atoms with Gasteiger partial charge in [-0.05, 0) is 55.0 Å². The lowest BCUT2D eigenvalue weighted by atomic mass is 9.99. The van der Waals surface area contributed by atoms with E-state index < -0.39 is 0 Å². The van der Waals surface area contributed by atoms with E-state index in [2.05, 4.69) is 26.0 Å². The Morgan fingerprint density at radius 1 is 1.33 bits per heavy atom. The third kappa shape index (κ3) is 1.92. The number of nitrogen functional groups attached to an aromatic ring is 1. The lowest BCUT2D eigenvalue weighted by molar-refractivity contribution is 0.901. The first-order valence-electron chi connectivity index (χ1n) is 5.79. The molecule has 0 bridgehead atoms. The van der Waals surface area contributed by atoms with Crippen LogP contribution < -0.4 is 5.73 Å². The van der Waals surface area contributed by atoms with Crippen molar-refractivity contribution in [2.24, 2.45) is 0 Å². The summed E-state index contributed by atoms with van der Waals surface area (Å²) in [5.41, 5.74) is 12.7. The van der Waals surface area contributed by atoms with Crippen molar-refractivity contribution in [1.82, 2.24) is 0 Å². The van der Waals surface area contributed by atoms with Crippen molar-refractivity contribution in [3.8, 4) is 0 Å². The smallest absolute Gasteiger partial charge is 0.0317 e. The van der Waals surface area contributed by atoms with Crippen LogP contribution in [0.15, 0.2) is 23.8 Å². The first kappa shape index (κ1) is 10.3. The molecule has 0 aromatic heterocycles. The molecule has 0 fully saturated rings. The van der Waals surface area contributed by atoms with E-state index in [0.717, 1.165) is 12.1 Å². The molecule has 1 aliphatic carbocycles. The van der Waals surface area contributed by atoms with E-state index in [0.29, 0.717) is 0 Å². The van der Waals surface area contributed by atoms with Crippen LogP contribution in [-0.4, -0.2) is 0 Å². The fraction of sp³-hybridized carbons (Fsp3) is 0.429. The summed E-state index contributed by atoms with van der Waals surface area (Å²) >= 11 is 0. The molecule has 0 aliphatic heterocycles. The maximum Gasteiger partial charge on any atom is 0.0317 e. The molecule has 0 spiro atoms. The fourth-order valence-electron chi connectivity index (χ4n) is 2.48. The lowest BCUT2D eigenvalue weighted by Gasteiger charge is -2.07. The van der Waals surface area contributed by atoms with Gasteiger partial charge in [-0.3, -0.25) is 0 Å². The first-order chi connectivity index (χ1) is 7.22. The van der Waals surface area contributed by atoms with Crippen LogP contribution in [-0.2, 0) is 6.42 Å². The van der Waals surface area contributed by atoms with Crippen LogP contribution in [0.4, 0.5) is 5.69 Å². The van der Waals surface area contributed by atoms with E-state index in [-0.39, 0.29) is 0 Å². The summed E-state index contributed by atoms with van der Waals surface area (Å²) in [7, 11) is 0. The average molecular weight is 201 g/mol. The monoisotopic (exact) mass is 201 g/mol. The Balaban J connectivity index is 2.40. The predicted molar refractivity (Wildman–Crippen MR) is 66.7 cm³/mol. The van der Waals surface area contributed by atoms with Crippen molar-refractivity contribution in [2.45, 2.75) is 39.5 Å². The third-order valence-corrected chi connectivity index (χ3v) is 3.24. The molecule has 0 unspecified atom stereocenters. The normalized spacial score (nSPS) is 17.7. The summed E-state index contributed by atoms with van der Waals surface area (Å²) < 4.78 is 0. The number of aryl methyl sites for hydroxylation is 1. The molecule has 1 aromatic rings. The van der Waals surface area contributed by atoms with E-state index in [9.17, 15) is 0 Å². The topological polar surface area (TPSA) is 26.0 Å². The van der Waals surface area contributed by atoms with E-state index in [1.165, 1.54) is 30.4 Å². The van der Waals surface area contributed by atoms with Crippen molar-refractivity contribution >= 4 is 11.3 Å². The molecular weight excluding hydrogens is 182 g/mol. The Labute approximate surface area is 92.0 Å². The third-order valence-electron chi connectivity index (χ3n) is 3.24. The highest BCUT2D eigenvalue weighted by molar-refractivity contribution is 5.76. The maximum atomic E-state index is 5.79. The van der Waals surface area contributed by atoms with E-state index in [1.807, 2.05) is 6.07 Å². The van der Waals surface area contributed by atoms with Gasteiger partial charge in [-0.2, -0.15) is 0 Å². The van der Waals surface area contributed by atoms with Crippen LogP contribution in [0.25, 0.3) is 5.57 Å². The minimum absolute atomic E-state index is 0.892. The Morgan fingerprint density at radius 3 is 2.87 bits per heavy atom. The second kappa shape index (κ2) is 4.09. The van der Waals surface area contributed by atoms with E-state index >= 15 is 0 Å². The van der Waals surface area contributed by atoms with Crippen LogP contribution in [0, 0.1) is 0 Å². The molecule has 15 heavy (non-hydrogen) atoms. The zero-order valence-electron chi connectivity index (χ0n) is 9.64. The maximum absolute atomic E-state index is 5.79. The largest absolute Gasteiger partial charge is 0.399 e. The number of rotatable bonds is 2. The zero-order chi connectivity index (χ0) is 10.8. The minimum Gasteiger partial charge on any atom is -0.399 e. The van der Waals surface area contributed by atoms with Gasteiger partial charge in [-0.25, -0.2) is 0 Å². The molecule has 1 aliphatic rings. The Morgan fingerprint density at radius 2 is 2.13 bits per heavy atom. The number of nitrogens with two attached hydrogens (primary N) is 1. The van der Waals surface area contributed by atoms with Gasteiger partial charge in [-0.15, -0.1) is 0 Å². The quantitative estimate of drug-likeness (QED) is 0.724. The number of fused-ring (bicyclic) bond motifs is 1. The summed E-state index contributed by atoms with van der Waals surface area (Å²) in [5, 5.41) is 0. The van der Waals surface area contributed by atoms with E-state index in [4.69, 9.17) is 5.73 Å². The molecule has 0 saturated carbocycles. The summed E-state index contributed by atoms with van der Waals surface area (Å²) in [6.45, 7) is 4.51. The molecule has 0 radical (unpaired) electrons. The fourth-order valence-corrected chi connectivity index (χ4v) is 2.48. The number of anilines is 1. The second-order valence-corrected chi connectivity index (χ2v) is 4.43. The van der Waals surface area contributed by atoms with Crippen molar-refractivity contribution in [2.75, 3.05) is 5.73 Å². The molecule has 80 valence electrons. The molecule has 0 atom stereocenters. The molecule has 0 heterocycles. The highest BCUT2D eigenvalue weighted by Crippen LogP contribution is 2.36. The summed E-state index contributed by atoms with van der Waals surface area (Å²) in [4.78, 5) is 0. The van der Waals surface area contributed by atoms with Gasteiger partial charge in [0.05, 0.1) is 0 Å². The van der Waals surface area contributed by atoms with Crippen LogP contribution in [0.5, 0.6) is 0 Å². The van der Waals surface area contributed by atoms with Gasteiger partial charge >= 0.3 is 0 Å². The second-order valence-electron chi connectivity index (χ2n) is 4.43. The molecule has 1 heteroatoms. The van der Waals surface area contributed by atoms with Gasteiger partial charge in [-0.1, -0.05) is 25.0 Å². The van der Waals surface area contributed by atoms with Crippen LogP contribution in [0.2, 0.25) is 0 Å². The van der Waals surface area contributed by atoms with Gasteiger partial charge in [0.25, 0.3) is 0 Å². The molecule has 0 saturated heterocycles. The van der Waals surface area contributed by atoms with Gasteiger partial charge in [0.2, 0.25) is 0 Å². The standard InChI is InChI=1S/C14H19N/c1-3-4-10(2)13-7-5-11-9-12(15)6-8-14(11)13/h6,8-9H,3-5,7,15H2,1-2H3/b13-10-. The first-order valence-corrected chi connectivity index (χ1v) is 5.79. The molecule has 0 amide bonds. The lowest BCUT2D eigenvalue weighted by Crippen LogP contribution is -1.89. The van der Waals surface area contributed by atoms with E-state index in [1.54, 1.807) is 11.1 Å². The van der Waals surface area contributed by atoms with Gasteiger partial charge in [0.1, 0.15) is 0 Å². The Kier molecular flexibility index (Phi) is 2.81. The average Bonchev–Trinajstić information content (AvgIpc) is 2.60. The van der Waals surface area contributed by atoms with Crippen molar-refractivity contribution in [3.63, 3.8) is 0 Å². The van der Waals surface area contributed by atoms with Crippen LogP contribution in [0.1, 0.15) is 44.2 Å². The Hall–Kier alpha value is -1.24. The van der Waals surface area contributed by atoms with Crippen molar-refractivity contribution in [1.29, 1.82) is 0 Å². The molecular formula is C14H19N. The van der Waals surface area contributed by atoms with Gasteiger partial charge in [0, 0.05) is 5.69 Å². The molecule has 1 nitrogen and oxygen atoms in total. The highest BCUT2D eigenvalue weighted by atomic mass is 14.5. The predicted octanol–water partition coefficient (Wildman–Crippen LogP) is 3.79. The molecule has 1 aromatic carbocycles. The number of allylic oxidation sites excluding steroid dienone is 2. The highest BCUT2D eigenvalue weighted by Gasteiger charge is 2.17. The Bertz CT molecular complexity index is 402. The van der Waals surface area contributed by atoms with Crippen LogP contribution in [0.3, 0.4) is 0 Å².